The maximum absolute atomic E-state index is 12.7. The molecule has 1 aromatic heterocycles. The van der Waals surface area contributed by atoms with E-state index in [4.69, 9.17) is 15.4 Å². The predicted molar refractivity (Wildman–Crippen MR) is 115 cm³/mol. The van der Waals surface area contributed by atoms with Crippen LogP contribution in [0.4, 0.5) is 5.13 Å². The molecule has 2 rings (SSSR count). The first kappa shape index (κ1) is 28.5. The molecule has 16 heteroatoms. The van der Waals surface area contributed by atoms with Crippen molar-refractivity contribution in [2.75, 3.05) is 5.73 Å². The number of Topliss-reactive ketones (excluding diaryl/α,β-unsaturated/α-hetero) is 1. The van der Waals surface area contributed by atoms with Crippen LogP contribution in [0.3, 0.4) is 0 Å². The summed E-state index contributed by atoms with van der Waals surface area (Å²) in [6.45, 7) is 5.94. The van der Waals surface area contributed by atoms with Gasteiger partial charge in [-0.15, -0.1) is 15.6 Å². The molecule has 1 aromatic rings. The highest BCUT2D eigenvalue weighted by Crippen LogP contribution is 2.40. The van der Waals surface area contributed by atoms with Gasteiger partial charge in [0.1, 0.15) is 5.69 Å². The van der Waals surface area contributed by atoms with E-state index in [1.54, 1.807) is 0 Å². The van der Waals surface area contributed by atoms with Gasteiger partial charge in [0.25, 0.3) is 5.91 Å². The van der Waals surface area contributed by atoms with E-state index in [0.29, 0.717) is 5.06 Å². The molecule has 1 amide bonds. The Morgan fingerprint density at radius 2 is 2.03 bits per heavy atom. The zero-order valence-corrected chi connectivity index (χ0v) is 18.2. The molecule has 1 aliphatic rings. The third-order valence-corrected chi connectivity index (χ3v) is 4.96. The van der Waals surface area contributed by atoms with E-state index in [2.05, 4.69) is 25.8 Å². The van der Waals surface area contributed by atoms with Crippen molar-refractivity contribution in [2.24, 2.45) is 11.1 Å². The first-order valence-corrected chi connectivity index (χ1v) is 9.91. The van der Waals surface area contributed by atoms with E-state index < -0.39 is 57.4 Å². The molecule has 0 bridgehead atoms. The number of rotatable bonds is 9. The number of hydroxylamine groups is 2. The Morgan fingerprint density at radius 3 is 2.45 bits per heavy atom. The van der Waals surface area contributed by atoms with Crippen LogP contribution in [0, 0.1) is 5.92 Å². The Kier molecular flexibility index (Phi) is 9.35. The number of carboxylic acids is 1. The molecule has 13 nitrogen and oxygen atoms in total. The summed E-state index contributed by atoms with van der Waals surface area (Å²) in [7, 11) is -4.93. The molecular weight excluding hydrogens is 476 g/mol. The van der Waals surface area contributed by atoms with Crippen LogP contribution in [0.1, 0.15) is 33.4 Å². The van der Waals surface area contributed by atoms with Crippen LogP contribution < -0.4 is 5.73 Å². The van der Waals surface area contributed by atoms with Crippen LogP contribution in [0.5, 0.6) is 0 Å². The molecule has 31 heavy (non-hydrogen) atoms. The van der Waals surface area contributed by atoms with E-state index >= 15 is 0 Å². The number of oxime groups is 1. The minimum absolute atomic E-state index is 0. The number of aromatic nitrogens is 1. The van der Waals surface area contributed by atoms with Gasteiger partial charge >= 0.3 is 16.4 Å². The molecule has 1 atom stereocenters. The number of nitrogen functional groups attached to an aromatic ring is 1. The number of nitrogens with zero attached hydrogens (tertiary/aromatic N) is 3. The molecule has 0 aromatic carbocycles. The van der Waals surface area contributed by atoms with Gasteiger partial charge < -0.3 is 15.7 Å². The molecule has 174 valence electrons. The highest BCUT2D eigenvalue weighted by molar-refractivity contribution is 7.80. The van der Waals surface area contributed by atoms with Crippen molar-refractivity contribution in [2.45, 2.75) is 33.2 Å². The minimum Gasteiger partial charge on any atom is -0.475 e. The lowest BCUT2D eigenvalue weighted by molar-refractivity contribution is -0.228. The van der Waals surface area contributed by atoms with Crippen molar-refractivity contribution in [3.63, 3.8) is 0 Å². The Labute approximate surface area is 188 Å². The molecule has 0 aliphatic carbocycles. The van der Waals surface area contributed by atoms with Crippen molar-refractivity contribution in [3.8, 4) is 0 Å². The van der Waals surface area contributed by atoms with E-state index in [1.807, 2.05) is 0 Å². The highest BCUT2D eigenvalue weighted by atomic mass is 32.3. The van der Waals surface area contributed by atoms with E-state index in [9.17, 15) is 22.8 Å². The molecule has 2 heterocycles. The molecule has 0 saturated carbocycles. The Hall–Kier alpha value is -2.53. The minimum atomic E-state index is -4.93. The molecular formula is C15H22N4O9S3. The van der Waals surface area contributed by atoms with Crippen LogP contribution in [-0.2, 0) is 33.9 Å². The maximum atomic E-state index is 12.7. The average molecular weight is 499 g/mol. The quantitative estimate of drug-likeness (QED) is 0.108. The summed E-state index contributed by atoms with van der Waals surface area (Å²) in [6.07, 6.45) is -0.462. The average Bonchev–Trinajstić information content (AvgIpc) is 3.02. The largest absolute Gasteiger partial charge is 0.475 e. The lowest BCUT2D eigenvalue weighted by Crippen LogP contribution is -2.68. The topological polar surface area (TPSA) is 199 Å². The second-order valence-corrected chi connectivity index (χ2v) is 8.19. The van der Waals surface area contributed by atoms with Crippen LogP contribution >= 0.6 is 24.8 Å². The van der Waals surface area contributed by atoms with E-state index in [1.165, 1.54) is 19.2 Å². The number of amides is 1. The Balaban J connectivity index is 0.00000450. The number of carbonyl (C=O) groups excluding carboxylic acids is 2. The number of thiazole rings is 1. The third kappa shape index (κ3) is 6.47. The van der Waals surface area contributed by atoms with Gasteiger partial charge in [-0.1, -0.05) is 12.6 Å². The first-order valence-electron chi connectivity index (χ1n) is 7.67. The summed E-state index contributed by atoms with van der Waals surface area (Å²) in [5.41, 5.74) is 3.86. The van der Waals surface area contributed by atoms with Crippen LogP contribution in [0.15, 0.2) is 22.9 Å². The van der Waals surface area contributed by atoms with Gasteiger partial charge in [-0.05, 0) is 20.4 Å². The summed E-state index contributed by atoms with van der Waals surface area (Å²) in [5, 5.41) is 14.2. The van der Waals surface area contributed by atoms with E-state index in [-0.39, 0.29) is 31.7 Å². The second-order valence-electron chi connectivity index (χ2n) is 6.30. The van der Waals surface area contributed by atoms with Crippen molar-refractivity contribution in [3.05, 3.63) is 23.4 Å². The fourth-order valence-corrected chi connectivity index (χ4v) is 3.43. The Bertz CT molecular complexity index is 1020. The summed E-state index contributed by atoms with van der Waals surface area (Å²) in [4.78, 5) is 44.2. The third-order valence-electron chi connectivity index (χ3n) is 3.95. The molecule has 1 fully saturated rings. The van der Waals surface area contributed by atoms with Crippen LogP contribution in [0.2, 0.25) is 0 Å². The molecule has 4 N–H and O–H groups in total. The number of carboxylic acid groups (broad SMARTS) is 1. The lowest BCUT2D eigenvalue weighted by Gasteiger charge is -2.50. The fourth-order valence-electron chi connectivity index (χ4n) is 2.43. The smallest absolute Gasteiger partial charge is 0.418 e. The number of hydrogen-bond acceptors (Lipinski definition) is 11. The number of anilines is 1. The number of carbonyl (C=O) groups is 3. The van der Waals surface area contributed by atoms with Gasteiger partial charge in [0.05, 0.1) is 11.5 Å². The zero-order valence-electron chi connectivity index (χ0n) is 15.6. The van der Waals surface area contributed by atoms with Crippen molar-refractivity contribution < 1.29 is 41.6 Å². The number of nitrogens with two attached hydrogens (primary N) is 1. The van der Waals surface area contributed by atoms with Crippen molar-refractivity contribution in [1.82, 2.24) is 10.0 Å². The van der Waals surface area contributed by atoms with Gasteiger partial charge in [-0.3, -0.25) is 14.1 Å². The normalized spacial score (nSPS) is 17.6. The molecule has 0 spiro atoms. The number of ketones is 1. The summed E-state index contributed by atoms with van der Waals surface area (Å²) < 4.78 is 34.7. The molecule has 1 unspecified atom stereocenters. The molecule has 0 radical (unpaired) electrons. The maximum Gasteiger partial charge on any atom is 0.418 e. The van der Waals surface area contributed by atoms with Gasteiger partial charge in [0.15, 0.2) is 16.6 Å². The monoisotopic (exact) mass is 498 g/mol. The van der Waals surface area contributed by atoms with Gasteiger partial charge in [-0.2, -0.15) is 27.0 Å². The van der Waals surface area contributed by atoms with Gasteiger partial charge in [-0.25, -0.2) is 9.78 Å². The standard InChI is InChI=1S/C14H16N4O9S2.CH4.H2S/c1-6(12(21)22)26-17-10(8-5-28-13(15)16-8)9(19)4-7-11(20)18(14(7,2)3)27-29(23,24)25;;/h5,7H,1,4H2,2-3H3,(H2,15,16)(H,21,22)(H,23,24,25);1H4;1H2/b17-10-;;. The molecule has 1 saturated heterocycles. The van der Waals surface area contributed by atoms with E-state index in [0.717, 1.165) is 11.3 Å². The number of aliphatic carboxylic acids is 1. The fraction of sp³-hybridized carbons (Fsp3) is 0.400. The van der Waals surface area contributed by atoms with Crippen LogP contribution in [0.25, 0.3) is 0 Å². The number of β-lactam (4-membered cyclic amide) rings is 1. The highest BCUT2D eigenvalue weighted by Gasteiger charge is 2.57. The van der Waals surface area contributed by atoms with Crippen LogP contribution in [-0.4, -0.2) is 57.0 Å². The Morgan fingerprint density at radius 1 is 1.45 bits per heavy atom. The van der Waals surface area contributed by atoms with Gasteiger partial charge in [0.2, 0.25) is 5.76 Å². The summed E-state index contributed by atoms with van der Waals surface area (Å²) >= 11 is 0.986. The summed E-state index contributed by atoms with van der Waals surface area (Å²) in [5.74, 6) is -4.92. The first-order chi connectivity index (χ1) is 13.2. The zero-order chi connectivity index (χ0) is 22.1. The SMILES string of the molecule is C.C=C(O/N=C(\C(=O)CC1C(=O)N(OS(=O)(=O)O)C1(C)C)c1csc(N)n1)C(=O)O.S. The number of hydrogen-bond donors (Lipinski definition) is 3. The predicted octanol–water partition coefficient (Wildman–Crippen LogP) is 0.724. The summed E-state index contributed by atoms with van der Waals surface area (Å²) in [6, 6.07) is 0. The van der Waals surface area contributed by atoms with Gasteiger partial charge in [0, 0.05) is 11.8 Å². The molecule has 1 aliphatic heterocycles. The van der Waals surface area contributed by atoms with Crippen molar-refractivity contribution >= 4 is 63.7 Å². The lowest BCUT2D eigenvalue weighted by atomic mass is 9.74. The van der Waals surface area contributed by atoms with Crippen molar-refractivity contribution in [1.29, 1.82) is 0 Å². The second kappa shape index (κ2) is 10.2.